The van der Waals surface area contributed by atoms with Gasteiger partial charge in [0.25, 0.3) is 0 Å². The Kier molecular flexibility index (Phi) is 6.28. The number of benzene rings is 1. The van der Waals surface area contributed by atoms with Gasteiger partial charge in [-0.2, -0.15) is 0 Å². The Morgan fingerprint density at radius 2 is 2.08 bits per heavy atom. The zero-order chi connectivity index (χ0) is 17.6. The van der Waals surface area contributed by atoms with Crippen LogP contribution < -0.4 is 0 Å². The van der Waals surface area contributed by atoms with E-state index in [4.69, 9.17) is 0 Å². The van der Waals surface area contributed by atoms with Crippen LogP contribution in [0.25, 0.3) is 5.69 Å². The number of thiophene rings is 1. The van der Waals surface area contributed by atoms with E-state index in [-0.39, 0.29) is 5.91 Å². The molecule has 0 saturated carbocycles. The maximum absolute atomic E-state index is 12.5. The molecule has 0 bridgehead atoms. The van der Waals surface area contributed by atoms with Gasteiger partial charge in [-0.05, 0) is 47.1 Å². The van der Waals surface area contributed by atoms with E-state index in [0.717, 1.165) is 9.47 Å². The van der Waals surface area contributed by atoms with Crippen molar-refractivity contribution >= 4 is 44.9 Å². The number of carbonyl (C=O) groups is 1. The molecule has 0 aliphatic heterocycles. The molecule has 2 heterocycles. The average molecular weight is 437 g/mol. The molecule has 1 aromatic carbocycles. The summed E-state index contributed by atoms with van der Waals surface area (Å²) < 4.78 is 2.80. The van der Waals surface area contributed by atoms with Gasteiger partial charge in [0.2, 0.25) is 11.1 Å². The monoisotopic (exact) mass is 436 g/mol. The number of hydrogen-bond donors (Lipinski definition) is 0. The fourth-order valence-corrected chi connectivity index (χ4v) is 4.44. The van der Waals surface area contributed by atoms with E-state index in [9.17, 15) is 4.79 Å². The maximum atomic E-state index is 12.5. The standard InChI is InChI=1S/C17H17BrN4OS2/c1-2-21(10-14-8-9-15(18)25-14)16(23)11-24-17-19-12-22(20-17)13-6-4-3-5-7-13/h3-9,12H,2,10-11H2,1H3. The molecular weight excluding hydrogens is 420 g/mol. The van der Waals surface area contributed by atoms with Gasteiger partial charge in [-0.3, -0.25) is 4.79 Å². The zero-order valence-corrected chi connectivity index (χ0v) is 16.9. The quantitative estimate of drug-likeness (QED) is 0.519. The number of nitrogens with zero attached hydrogens (tertiary/aromatic N) is 4. The van der Waals surface area contributed by atoms with E-state index in [1.165, 1.54) is 16.6 Å². The number of aromatic nitrogens is 3. The molecule has 0 radical (unpaired) electrons. The predicted molar refractivity (Wildman–Crippen MR) is 105 cm³/mol. The van der Waals surface area contributed by atoms with Crippen molar-refractivity contribution in [3.05, 3.63) is 57.5 Å². The lowest BCUT2D eigenvalue weighted by molar-refractivity contribution is -0.128. The second-order valence-electron chi connectivity index (χ2n) is 5.21. The molecule has 0 aliphatic rings. The summed E-state index contributed by atoms with van der Waals surface area (Å²) in [5, 5.41) is 5.02. The summed E-state index contributed by atoms with van der Waals surface area (Å²) in [6.07, 6.45) is 1.67. The molecule has 0 N–H and O–H groups in total. The number of rotatable bonds is 7. The maximum Gasteiger partial charge on any atom is 0.233 e. The number of amides is 1. The number of carbonyl (C=O) groups excluding carboxylic acids is 1. The van der Waals surface area contributed by atoms with Crippen molar-refractivity contribution in [1.29, 1.82) is 0 Å². The van der Waals surface area contributed by atoms with Crippen molar-refractivity contribution in [3.63, 3.8) is 0 Å². The molecule has 5 nitrogen and oxygen atoms in total. The third-order valence-corrected chi connectivity index (χ3v) is 5.97. The summed E-state index contributed by atoms with van der Waals surface area (Å²) in [7, 11) is 0. The van der Waals surface area contributed by atoms with Crippen molar-refractivity contribution in [3.8, 4) is 5.69 Å². The molecule has 0 saturated heterocycles. The molecule has 3 rings (SSSR count). The fraction of sp³-hybridized carbons (Fsp3) is 0.235. The summed E-state index contributed by atoms with van der Waals surface area (Å²) in [4.78, 5) is 19.8. The second kappa shape index (κ2) is 8.64. The first-order chi connectivity index (χ1) is 12.2. The first-order valence-corrected chi connectivity index (χ1v) is 10.4. The van der Waals surface area contributed by atoms with Crippen molar-refractivity contribution in [2.75, 3.05) is 12.3 Å². The van der Waals surface area contributed by atoms with Crippen LogP contribution in [0.3, 0.4) is 0 Å². The molecule has 0 atom stereocenters. The zero-order valence-electron chi connectivity index (χ0n) is 13.6. The SMILES string of the molecule is CCN(Cc1ccc(Br)s1)C(=O)CSc1ncn(-c2ccccc2)n1. The minimum atomic E-state index is 0.0908. The highest BCUT2D eigenvalue weighted by Gasteiger charge is 2.15. The highest BCUT2D eigenvalue weighted by molar-refractivity contribution is 9.11. The number of para-hydroxylation sites is 1. The van der Waals surface area contributed by atoms with E-state index in [0.29, 0.717) is 24.0 Å². The highest BCUT2D eigenvalue weighted by Crippen LogP contribution is 2.24. The Hall–Kier alpha value is -1.64. The molecule has 0 spiro atoms. The van der Waals surface area contributed by atoms with E-state index in [1.54, 1.807) is 22.3 Å². The van der Waals surface area contributed by atoms with Crippen molar-refractivity contribution in [1.82, 2.24) is 19.7 Å². The third-order valence-electron chi connectivity index (χ3n) is 3.53. The van der Waals surface area contributed by atoms with Gasteiger partial charge in [-0.15, -0.1) is 16.4 Å². The van der Waals surface area contributed by atoms with Crippen LogP contribution in [0.2, 0.25) is 0 Å². The number of halogens is 1. The predicted octanol–water partition coefficient (Wildman–Crippen LogP) is 4.23. The van der Waals surface area contributed by atoms with Crippen molar-refractivity contribution in [2.45, 2.75) is 18.6 Å². The van der Waals surface area contributed by atoms with Gasteiger partial charge in [0.1, 0.15) is 6.33 Å². The van der Waals surface area contributed by atoms with Crippen LogP contribution >= 0.6 is 39.0 Å². The minimum Gasteiger partial charge on any atom is -0.337 e. The van der Waals surface area contributed by atoms with Crippen LogP contribution in [0.1, 0.15) is 11.8 Å². The van der Waals surface area contributed by atoms with E-state index < -0.39 is 0 Å². The highest BCUT2D eigenvalue weighted by atomic mass is 79.9. The van der Waals surface area contributed by atoms with Gasteiger partial charge in [0.15, 0.2) is 0 Å². The number of hydrogen-bond acceptors (Lipinski definition) is 5. The van der Waals surface area contributed by atoms with Crippen LogP contribution in [0.5, 0.6) is 0 Å². The first-order valence-electron chi connectivity index (χ1n) is 7.77. The summed E-state index contributed by atoms with van der Waals surface area (Å²) >= 11 is 6.47. The first kappa shape index (κ1) is 18.2. The van der Waals surface area contributed by atoms with Crippen LogP contribution in [0.4, 0.5) is 0 Å². The average Bonchev–Trinajstić information content (AvgIpc) is 3.27. The Labute approximate surface area is 163 Å². The summed E-state index contributed by atoms with van der Waals surface area (Å²) in [5.41, 5.74) is 0.951. The lowest BCUT2D eigenvalue weighted by atomic mass is 10.3. The molecule has 1 amide bonds. The smallest absolute Gasteiger partial charge is 0.233 e. The second-order valence-corrected chi connectivity index (χ2v) is 8.70. The molecule has 25 heavy (non-hydrogen) atoms. The third kappa shape index (κ3) is 4.93. The van der Waals surface area contributed by atoms with Gasteiger partial charge >= 0.3 is 0 Å². The fourth-order valence-electron chi connectivity index (χ4n) is 2.24. The van der Waals surface area contributed by atoms with Crippen molar-refractivity contribution in [2.24, 2.45) is 0 Å². The van der Waals surface area contributed by atoms with Crippen LogP contribution in [-0.2, 0) is 11.3 Å². The largest absolute Gasteiger partial charge is 0.337 e. The Morgan fingerprint density at radius 1 is 1.28 bits per heavy atom. The molecular formula is C17H17BrN4OS2. The molecule has 3 aromatic rings. The van der Waals surface area contributed by atoms with Crippen LogP contribution in [0.15, 0.2) is 57.7 Å². The minimum absolute atomic E-state index is 0.0908. The lowest BCUT2D eigenvalue weighted by Crippen LogP contribution is -2.31. The summed E-state index contributed by atoms with van der Waals surface area (Å²) in [6.45, 7) is 3.31. The number of thioether (sulfide) groups is 1. The topological polar surface area (TPSA) is 51.0 Å². The van der Waals surface area contributed by atoms with E-state index >= 15 is 0 Å². The van der Waals surface area contributed by atoms with Gasteiger partial charge < -0.3 is 4.90 Å². The Morgan fingerprint density at radius 3 is 2.76 bits per heavy atom. The Balaban J connectivity index is 1.57. The molecule has 130 valence electrons. The summed E-state index contributed by atoms with van der Waals surface area (Å²) in [6, 6.07) is 13.8. The summed E-state index contributed by atoms with van der Waals surface area (Å²) in [5.74, 6) is 0.423. The van der Waals surface area contributed by atoms with Gasteiger partial charge in [0.05, 0.1) is 21.8 Å². The molecule has 0 fully saturated rings. The molecule has 2 aromatic heterocycles. The Bertz CT molecular complexity index is 834. The van der Waals surface area contributed by atoms with Crippen molar-refractivity contribution < 1.29 is 4.79 Å². The van der Waals surface area contributed by atoms with Crippen LogP contribution in [0, 0.1) is 0 Å². The van der Waals surface area contributed by atoms with E-state index in [2.05, 4.69) is 26.0 Å². The van der Waals surface area contributed by atoms with Gasteiger partial charge in [0, 0.05) is 11.4 Å². The molecule has 8 heteroatoms. The van der Waals surface area contributed by atoms with Gasteiger partial charge in [-0.25, -0.2) is 9.67 Å². The lowest BCUT2D eigenvalue weighted by Gasteiger charge is -2.19. The van der Waals surface area contributed by atoms with Gasteiger partial charge in [-0.1, -0.05) is 30.0 Å². The normalized spacial score (nSPS) is 10.8. The van der Waals surface area contributed by atoms with Crippen LogP contribution in [-0.4, -0.2) is 37.9 Å². The van der Waals surface area contributed by atoms with E-state index in [1.807, 2.05) is 54.3 Å². The molecule has 0 unspecified atom stereocenters. The molecule has 0 aliphatic carbocycles.